The molecule has 0 aliphatic rings. The molecule has 4 heteroatoms. The Morgan fingerprint density at radius 3 is 2.48 bits per heavy atom. The molecule has 0 radical (unpaired) electrons. The molecule has 0 spiro atoms. The van der Waals surface area contributed by atoms with Crippen LogP contribution in [0.2, 0.25) is 0 Å². The van der Waals surface area contributed by atoms with Gasteiger partial charge in [-0.3, -0.25) is 0 Å². The van der Waals surface area contributed by atoms with Gasteiger partial charge < -0.3 is 8.83 Å². The average molecular weight is 357 g/mol. The van der Waals surface area contributed by atoms with Crippen molar-refractivity contribution < 1.29 is 13.4 Å². The highest BCUT2D eigenvalue weighted by atomic mass is 16.4. The van der Waals surface area contributed by atoms with Crippen LogP contribution in [0.3, 0.4) is 0 Å². The van der Waals surface area contributed by atoms with Gasteiger partial charge in [-0.2, -0.15) is 4.57 Å². The highest BCUT2D eigenvalue weighted by Crippen LogP contribution is 2.40. The van der Waals surface area contributed by atoms with Gasteiger partial charge in [0.05, 0.1) is 22.5 Å². The van der Waals surface area contributed by atoms with E-state index in [9.17, 15) is 0 Å². The van der Waals surface area contributed by atoms with Crippen LogP contribution in [0, 0.1) is 6.92 Å². The van der Waals surface area contributed by atoms with E-state index in [0.717, 1.165) is 55.6 Å². The number of aromatic nitrogens is 2. The first-order valence-corrected chi connectivity index (χ1v) is 9.24. The Kier molecular flexibility index (Phi) is 3.38. The van der Waals surface area contributed by atoms with Crippen molar-refractivity contribution in [3.05, 3.63) is 60.0 Å². The van der Waals surface area contributed by atoms with Crippen molar-refractivity contribution in [3.8, 4) is 11.3 Å². The van der Waals surface area contributed by atoms with E-state index in [-0.39, 0.29) is 0 Å². The number of rotatable bonds is 2. The lowest BCUT2D eigenvalue weighted by Crippen LogP contribution is -2.32. The second-order valence-corrected chi connectivity index (χ2v) is 7.46. The Morgan fingerprint density at radius 2 is 1.70 bits per heavy atom. The third-order valence-electron chi connectivity index (χ3n) is 5.25. The van der Waals surface area contributed by atoms with Gasteiger partial charge in [-0.05, 0) is 30.7 Å². The van der Waals surface area contributed by atoms with Crippen LogP contribution in [0.15, 0.2) is 57.6 Å². The van der Waals surface area contributed by atoms with E-state index in [1.54, 1.807) is 0 Å². The molecule has 0 fully saturated rings. The lowest BCUT2D eigenvalue weighted by Gasteiger charge is -2.07. The molecule has 4 nitrogen and oxygen atoms in total. The molecular formula is C23H21N2O2+. The molecule has 5 aromatic rings. The minimum Gasteiger partial charge on any atom is -0.452 e. The van der Waals surface area contributed by atoms with Gasteiger partial charge in [-0.1, -0.05) is 32.0 Å². The maximum Gasteiger partial charge on any atom is 0.234 e. The van der Waals surface area contributed by atoms with E-state index < -0.39 is 0 Å². The Hall–Kier alpha value is -3.14. The molecule has 0 unspecified atom stereocenters. The molecule has 5 rings (SSSR count). The summed E-state index contributed by atoms with van der Waals surface area (Å²) in [6.07, 6.45) is 4.04. The fourth-order valence-corrected chi connectivity index (χ4v) is 3.75. The van der Waals surface area contributed by atoms with Crippen molar-refractivity contribution in [2.24, 2.45) is 7.05 Å². The van der Waals surface area contributed by atoms with Crippen LogP contribution in [0.4, 0.5) is 0 Å². The Morgan fingerprint density at radius 1 is 0.926 bits per heavy atom. The first-order chi connectivity index (χ1) is 13.0. The molecule has 134 valence electrons. The molecule has 27 heavy (non-hydrogen) atoms. The third kappa shape index (κ3) is 2.29. The summed E-state index contributed by atoms with van der Waals surface area (Å²) in [5.41, 5.74) is 7.64. The third-order valence-corrected chi connectivity index (χ3v) is 5.25. The molecule has 3 aromatic heterocycles. The molecule has 3 heterocycles. The number of nitrogens with zero attached hydrogens (tertiary/aromatic N) is 2. The zero-order chi connectivity index (χ0) is 18.7. The lowest BCUT2D eigenvalue weighted by molar-refractivity contribution is -0.661. The first kappa shape index (κ1) is 16.1. The van der Waals surface area contributed by atoms with E-state index in [0.29, 0.717) is 5.92 Å². The smallest absolute Gasteiger partial charge is 0.234 e. The van der Waals surface area contributed by atoms with Gasteiger partial charge in [0.1, 0.15) is 18.3 Å². The molecule has 0 saturated carbocycles. The van der Waals surface area contributed by atoms with Crippen LogP contribution in [-0.4, -0.2) is 4.98 Å². The Balaban J connectivity index is 1.84. The molecule has 0 aliphatic heterocycles. The van der Waals surface area contributed by atoms with Crippen LogP contribution >= 0.6 is 0 Å². The monoisotopic (exact) mass is 357 g/mol. The van der Waals surface area contributed by atoms with E-state index in [4.69, 9.17) is 8.83 Å². The number of furan rings is 2. The maximum atomic E-state index is 6.37. The number of fused-ring (bicyclic) bond motifs is 5. The van der Waals surface area contributed by atoms with Gasteiger partial charge in [0.2, 0.25) is 5.69 Å². The predicted octanol–water partition coefficient (Wildman–Crippen LogP) is 5.65. The summed E-state index contributed by atoms with van der Waals surface area (Å²) in [4.78, 5) is 4.67. The molecule has 0 atom stereocenters. The van der Waals surface area contributed by atoms with E-state index in [1.807, 2.05) is 30.5 Å². The minimum absolute atomic E-state index is 0.388. The number of hydrogen-bond acceptors (Lipinski definition) is 3. The second kappa shape index (κ2) is 5.68. The van der Waals surface area contributed by atoms with Gasteiger partial charge in [-0.25, -0.2) is 4.98 Å². The van der Waals surface area contributed by atoms with Crippen LogP contribution in [-0.2, 0) is 7.05 Å². The molecule has 0 N–H and O–H groups in total. The lowest BCUT2D eigenvalue weighted by atomic mass is 10.0. The topological polar surface area (TPSA) is 43.1 Å². The Bertz CT molecular complexity index is 1320. The van der Waals surface area contributed by atoms with E-state index >= 15 is 0 Å². The average Bonchev–Trinajstić information content (AvgIpc) is 3.18. The van der Waals surface area contributed by atoms with Crippen molar-refractivity contribution >= 4 is 33.1 Å². The summed E-state index contributed by atoms with van der Waals surface area (Å²) >= 11 is 0. The minimum atomic E-state index is 0.388. The largest absolute Gasteiger partial charge is 0.452 e. The summed E-state index contributed by atoms with van der Waals surface area (Å²) < 4.78 is 14.6. The zero-order valence-corrected chi connectivity index (χ0v) is 15.9. The normalized spacial score (nSPS) is 12.0. The summed E-state index contributed by atoms with van der Waals surface area (Å²) in [7, 11) is 2.06. The maximum absolute atomic E-state index is 6.37. The fourth-order valence-electron chi connectivity index (χ4n) is 3.75. The number of aryl methyl sites for hydroxylation is 2. The van der Waals surface area contributed by atoms with Crippen molar-refractivity contribution in [2.45, 2.75) is 26.7 Å². The quantitative estimate of drug-likeness (QED) is 0.383. The summed E-state index contributed by atoms with van der Waals surface area (Å²) in [5, 5.41) is 2.00. The van der Waals surface area contributed by atoms with Crippen LogP contribution in [0.1, 0.15) is 31.0 Å². The SMILES string of the molecule is Cc1ccc2c(oc3c4ccccc4oc23)c1-c1cnc(C(C)C)c[n+]1C. The number of benzene rings is 2. The van der Waals surface area contributed by atoms with Gasteiger partial charge in [0.25, 0.3) is 0 Å². The zero-order valence-electron chi connectivity index (χ0n) is 15.9. The first-order valence-electron chi connectivity index (χ1n) is 9.24. The molecule has 0 saturated heterocycles. The van der Waals surface area contributed by atoms with E-state index in [1.165, 1.54) is 0 Å². The standard InChI is InChI=1S/C23H21N2O2/c1-13(2)17-12-25(4)18(11-24-17)20-14(3)9-10-16-21(20)27-22-15-7-5-6-8-19(15)26-23(16)22/h5-13H,1-4H3/q+1. The van der Waals surface area contributed by atoms with Crippen molar-refractivity contribution in [3.63, 3.8) is 0 Å². The van der Waals surface area contributed by atoms with Crippen molar-refractivity contribution in [1.82, 2.24) is 4.98 Å². The summed E-state index contributed by atoms with van der Waals surface area (Å²) in [6.45, 7) is 6.41. The number of para-hydroxylation sites is 1. The van der Waals surface area contributed by atoms with Gasteiger partial charge >= 0.3 is 0 Å². The van der Waals surface area contributed by atoms with E-state index in [2.05, 4.69) is 55.7 Å². The van der Waals surface area contributed by atoms with Crippen molar-refractivity contribution in [2.75, 3.05) is 0 Å². The Labute approximate surface area is 157 Å². The van der Waals surface area contributed by atoms with Gasteiger partial charge in [-0.15, -0.1) is 0 Å². The highest BCUT2D eigenvalue weighted by molar-refractivity contribution is 6.15. The molecule has 2 aromatic carbocycles. The summed E-state index contributed by atoms with van der Waals surface area (Å²) in [6, 6.07) is 12.2. The van der Waals surface area contributed by atoms with Crippen LogP contribution in [0.5, 0.6) is 0 Å². The fraction of sp³-hybridized carbons (Fsp3) is 0.217. The molecular weight excluding hydrogens is 336 g/mol. The molecule has 0 aliphatic carbocycles. The second-order valence-electron chi connectivity index (χ2n) is 7.46. The highest BCUT2D eigenvalue weighted by Gasteiger charge is 2.24. The summed E-state index contributed by atoms with van der Waals surface area (Å²) in [5.74, 6) is 0.388. The predicted molar refractivity (Wildman–Crippen MR) is 107 cm³/mol. The van der Waals surface area contributed by atoms with Crippen LogP contribution in [0.25, 0.3) is 44.4 Å². The molecule has 0 amide bonds. The van der Waals surface area contributed by atoms with Gasteiger partial charge in [0.15, 0.2) is 22.9 Å². The van der Waals surface area contributed by atoms with Crippen molar-refractivity contribution in [1.29, 1.82) is 0 Å². The molecule has 0 bridgehead atoms. The van der Waals surface area contributed by atoms with Crippen LogP contribution < -0.4 is 4.57 Å². The van der Waals surface area contributed by atoms with Gasteiger partial charge in [0, 0.05) is 5.92 Å². The number of hydrogen-bond donors (Lipinski definition) is 0.